The Morgan fingerprint density at radius 1 is 1.05 bits per heavy atom. The van der Waals surface area contributed by atoms with Gasteiger partial charge in [-0.3, -0.25) is 0 Å². The molecular weight excluding hydrogens is 234 g/mol. The molecule has 19 heavy (non-hydrogen) atoms. The van der Waals surface area contributed by atoms with E-state index in [1.165, 1.54) is 5.56 Å². The van der Waals surface area contributed by atoms with Crippen LogP contribution in [0.1, 0.15) is 45.8 Å². The SMILES string of the molecule is CC(C)C1CCOC(c2ccccc2)C(C(C)C)N1. The molecule has 0 bridgehead atoms. The quantitative estimate of drug-likeness (QED) is 0.894. The summed E-state index contributed by atoms with van der Waals surface area (Å²) in [6, 6.07) is 11.6. The van der Waals surface area contributed by atoms with Gasteiger partial charge in [0, 0.05) is 18.7 Å². The minimum absolute atomic E-state index is 0.171. The summed E-state index contributed by atoms with van der Waals surface area (Å²) >= 11 is 0. The van der Waals surface area contributed by atoms with Gasteiger partial charge in [0.05, 0.1) is 6.10 Å². The van der Waals surface area contributed by atoms with Crippen molar-refractivity contribution in [2.45, 2.75) is 52.3 Å². The van der Waals surface area contributed by atoms with Crippen molar-refractivity contribution in [3.63, 3.8) is 0 Å². The number of benzene rings is 1. The van der Waals surface area contributed by atoms with E-state index in [1.807, 2.05) is 0 Å². The maximum absolute atomic E-state index is 6.18. The van der Waals surface area contributed by atoms with Crippen LogP contribution in [0, 0.1) is 11.8 Å². The number of nitrogens with one attached hydrogen (secondary N) is 1. The molecule has 1 aliphatic rings. The van der Waals surface area contributed by atoms with Gasteiger partial charge in [0.25, 0.3) is 0 Å². The molecule has 1 N–H and O–H groups in total. The van der Waals surface area contributed by atoms with Crippen LogP contribution < -0.4 is 5.32 Å². The predicted molar refractivity (Wildman–Crippen MR) is 80.1 cm³/mol. The summed E-state index contributed by atoms with van der Waals surface area (Å²) in [6.07, 6.45) is 1.27. The Hall–Kier alpha value is -0.860. The molecule has 1 heterocycles. The fourth-order valence-electron chi connectivity index (χ4n) is 2.86. The second-order valence-corrected chi connectivity index (χ2v) is 6.28. The van der Waals surface area contributed by atoms with E-state index in [9.17, 15) is 0 Å². The van der Waals surface area contributed by atoms with Gasteiger partial charge < -0.3 is 10.1 Å². The van der Waals surface area contributed by atoms with E-state index in [4.69, 9.17) is 4.74 Å². The number of hydrogen-bond acceptors (Lipinski definition) is 2. The first kappa shape index (κ1) is 14.5. The molecule has 0 aliphatic carbocycles. The average molecular weight is 261 g/mol. The van der Waals surface area contributed by atoms with Gasteiger partial charge in [0.1, 0.15) is 0 Å². The Morgan fingerprint density at radius 2 is 1.74 bits per heavy atom. The zero-order valence-electron chi connectivity index (χ0n) is 12.6. The van der Waals surface area contributed by atoms with Gasteiger partial charge >= 0.3 is 0 Å². The van der Waals surface area contributed by atoms with Crippen molar-refractivity contribution in [3.8, 4) is 0 Å². The standard InChI is InChI=1S/C17H27NO/c1-12(2)15-10-11-19-17(16(18-15)13(3)4)14-8-6-5-7-9-14/h5-9,12-13,15-18H,10-11H2,1-4H3. The van der Waals surface area contributed by atoms with E-state index >= 15 is 0 Å². The summed E-state index contributed by atoms with van der Waals surface area (Å²) in [5.74, 6) is 1.21. The lowest BCUT2D eigenvalue weighted by molar-refractivity contribution is 0.0305. The first-order chi connectivity index (χ1) is 9.09. The summed E-state index contributed by atoms with van der Waals surface area (Å²) in [5.41, 5.74) is 1.29. The smallest absolute Gasteiger partial charge is 0.0980 e. The molecule has 3 unspecified atom stereocenters. The molecule has 2 heteroatoms. The van der Waals surface area contributed by atoms with Crippen LogP contribution in [0.25, 0.3) is 0 Å². The molecule has 1 fully saturated rings. The Morgan fingerprint density at radius 3 is 2.32 bits per heavy atom. The fourth-order valence-corrected chi connectivity index (χ4v) is 2.86. The van der Waals surface area contributed by atoms with Crippen molar-refractivity contribution in [2.75, 3.05) is 6.61 Å². The highest BCUT2D eigenvalue weighted by atomic mass is 16.5. The molecule has 3 atom stereocenters. The van der Waals surface area contributed by atoms with Gasteiger partial charge in [0.15, 0.2) is 0 Å². The third kappa shape index (κ3) is 3.58. The van der Waals surface area contributed by atoms with E-state index < -0.39 is 0 Å². The highest BCUT2D eigenvalue weighted by Gasteiger charge is 2.32. The van der Waals surface area contributed by atoms with Crippen LogP contribution in [-0.2, 0) is 4.74 Å². The van der Waals surface area contributed by atoms with Crippen molar-refractivity contribution in [3.05, 3.63) is 35.9 Å². The van der Waals surface area contributed by atoms with E-state index in [-0.39, 0.29) is 6.10 Å². The minimum atomic E-state index is 0.171. The lowest BCUT2D eigenvalue weighted by atomic mass is 9.91. The maximum atomic E-state index is 6.18. The topological polar surface area (TPSA) is 21.3 Å². The first-order valence-corrected chi connectivity index (χ1v) is 7.52. The molecule has 2 rings (SSSR count). The van der Waals surface area contributed by atoms with Crippen LogP contribution in [-0.4, -0.2) is 18.7 Å². The second-order valence-electron chi connectivity index (χ2n) is 6.28. The molecule has 0 aromatic heterocycles. The molecule has 1 aromatic carbocycles. The molecule has 0 amide bonds. The third-order valence-electron chi connectivity index (χ3n) is 4.11. The van der Waals surface area contributed by atoms with E-state index in [0.29, 0.717) is 23.9 Å². The Balaban J connectivity index is 2.22. The van der Waals surface area contributed by atoms with Crippen LogP contribution in [0.4, 0.5) is 0 Å². The Bertz CT molecular complexity index is 374. The molecule has 0 radical (unpaired) electrons. The van der Waals surface area contributed by atoms with E-state index in [0.717, 1.165) is 13.0 Å². The van der Waals surface area contributed by atoms with Crippen LogP contribution >= 0.6 is 0 Å². The third-order valence-corrected chi connectivity index (χ3v) is 4.11. The molecule has 1 aliphatic heterocycles. The molecule has 1 saturated heterocycles. The number of hydrogen-bond donors (Lipinski definition) is 1. The van der Waals surface area contributed by atoms with Crippen molar-refractivity contribution in [2.24, 2.45) is 11.8 Å². The van der Waals surface area contributed by atoms with E-state index in [2.05, 4.69) is 63.3 Å². The summed E-state index contributed by atoms with van der Waals surface area (Å²) < 4.78 is 6.18. The monoisotopic (exact) mass is 261 g/mol. The molecule has 0 spiro atoms. The lowest BCUT2D eigenvalue weighted by Gasteiger charge is -2.32. The lowest BCUT2D eigenvalue weighted by Crippen LogP contribution is -2.45. The zero-order chi connectivity index (χ0) is 13.8. The van der Waals surface area contributed by atoms with Gasteiger partial charge in [0.2, 0.25) is 0 Å². The van der Waals surface area contributed by atoms with Crippen LogP contribution in [0.2, 0.25) is 0 Å². The van der Waals surface area contributed by atoms with Crippen LogP contribution in [0.5, 0.6) is 0 Å². The van der Waals surface area contributed by atoms with Crippen molar-refractivity contribution < 1.29 is 4.74 Å². The van der Waals surface area contributed by atoms with Gasteiger partial charge in [-0.25, -0.2) is 0 Å². The molecule has 0 saturated carbocycles. The van der Waals surface area contributed by atoms with Crippen molar-refractivity contribution >= 4 is 0 Å². The second kappa shape index (κ2) is 6.53. The van der Waals surface area contributed by atoms with Crippen molar-refractivity contribution in [1.29, 1.82) is 0 Å². The molecular formula is C17H27NO. The first-order valence-electron chi connectivity index (χ1n) is 7.52. The summed E-state index contributed by atoms with van der Waals surface area (Å²) in [6.45, 7) is 9.98. The summed E-state index contributed by atoms with van der Waals surface area (Å²) in [4.78, 5) is 0. The number of rotatable bonds is 3. The minimum Gasteiger partial charge on any atom is -0.372 e. The fraction of sp³-hybridized carbons (Fsp3) is 0.647. The zero-order valence-corrected chi connectivity index (χ0v) is 12.6. The predicted octanol–water partition coefficient (Wildman–Crippen LogP) is 3.79. The van der Waals surface area contributed by atoms with Gasteiger partial charge in [-0.05, 0) is 23.8 Å². The molecule has 2 nitrogen and oxygen atoms in total. The van der Waals surface area contributed by atoms with Gasteiger partial charge in [-0.15, -0.1) is 0 Å². The number of ether oxygens (including phenoxy) is 1. The molecule has 1 aromatic rings. The normalized spacial score (nSPS) is 28.6. The van der Waals surface area contributed by atoms with E-state index in [1.54, 1.807) is 0 Å². The van der Waals surface area contributed by atoms with Crippen LogP contribution in [0.15, 0.2) is 30.3 Å². The van der Waals surface area contributed by atoms with Gasteiger partial charge in [-0.1, -0.05) is 58.0 Å². The largest absolute Gasteiger partial charge is 0.372 e. The summed E-state index contributed by atoms with van der Waals surface area (Å²) in [5, 5.41) is 3.84. The van der Waals surface area contributed by atoms with Crippen LogP contribution in [0.3, 0.4) is 0 Å². The molecule has 106 valence electrons. The maximum Gasteiger partial charge on any atom is 0.0980 e. The van der Waals surface area contributed by atoms with Crippen molar-refractivity contribution in [1.82, 2.24) is 5.32 Å². The Labute approximate surface area is 117 Å². The van der Waals surface area contributed by atoms with Gasteiger partial charge in [-0.2, -0.15) is 0 Å². The summed E-state index contributed by atoms with van der Waals surface area (Å²) in [7, 11) is 0. The highest BCUT2D eigenvalue weighted by Crippen LogP contribution is 2.29. The highest BCUT2D eigenvalue weighted by molar-refractivity contribution is 5.20. The average Bonchev–Trinajstić information content (AvgIpc) is 2.62. The Kier molecular flexibility index (Phi) is 5.00.